The Labute approximate surface area is 199 Å². The summed E-state index contributed by atoms with van der Waals surface area (Å²) in [4.78, 5) is 13.7. The lowest BCUT2D eigenvalue weighted by molar-refractivity contribution is -0.173. The van der Waals surface area contributed by atoms with E-state index in [0.717, 1.165) is 14.1 Å². The number of benzene rings is 2. The van der Waals surface area contributed by atoms with Gasteiger partial charge in [-0.2, -0.15) is 18.3 Å². The lowest BCUT2D eigenvalue weighted by atomic mass is 9.97. The highest BCUT2D eigenvalue weighted by atomic mass is 79.9. The van der Waals surface area contributed by atoms with Gasteiger partial charge in [0.1, 0.15) is 10.8 Å². The van der Waals surface area contributed by atoms with Crippen LogP contribution in [0.1, 0.15) is 34.6 Å². The van der Waals surface area contributed by atoms with Crippen molar-refractivity contribution in [3.8, 4) is 0 Å². The molecule has 0 fully saturated rings. The molecular formula is C21H17BrClF3N4OS. The maximum absolute atomic E-state index is 13.9. The standard InChI is InChI=1S/C21H17BrClF3N4OS/c1-32-15-5-3-2-4-13(15)28-20(31)18-17(23)19-27-14(11-6-8-12(22)9-7-11)10-16(21(24,25)26)30(19)29-18/h2-9,14,16,27H,10H2,1H3,(H,28,31)/t14-,16-/m1/s1. The minimum Gasteiger partial charge on any atom is -0.362 e. The summed E-state index contributed by atoms with van der Waals surface area (Å²) in [6.45, 7) is 0. The molecule has 168 valence electrons. The Morgan fingerprint density at radius 1 is 1.25 bits per heavy atom. The van der Waals surface area contributed by atoms with Crippen molar-refractivity contribution in [2.45, 2.75) is 29.6 Å². The molecule has 2 aromatic carbocycles. The van der Waals surface area contributed by atoms with Gasteiger partial charge in [-0.05, 0) is 36.1 Å². The van der Waals surface area contributed by atoms with E-state index >= 15 is 0 Å². The number of carbonyl (C=O) groups is 1. The molecule has 0 bridgehead atoms. The van der Waals surface area contributed by atoms with Gasteiger partial charge in [-0.1, -0.05) is 51.8 Å². The van der Waals surface area contributed by atoms with E-state index < -0.39 is 24.2 Å². The molecule has 0 aliphatic carbocycles. The summed E-state index contributed by atoms with van der Waals surface area (Å²) in [5.74, 6) is -0.710. The van der Waals surface area contributed by atoms with Gasteiger partial charge < -0.3 is 10.6 Å². The number of hydrogen-bond donors (Lipinski definition) is 2. The first-order valence-electron chi connectivity index (χ1n) is 9.50. The van der Waals surface area contributed by atoms with Gasteiger partial charge in [-0.25, -0.2) is 4.68 Å². The highest BCUT2D eigenvalue weighted by Crippen LogP contribution is 2.46. The molecule has 1 aliphatic heterocycles. The number of thioether (sulfide) groups is 1. The van der Waals surface area contributed by atoms with Gasteiger partial charge in [0, 0.05) is 15.8 Å². The van der Waals surface area contributed by atoms with Crippen molar-refractivity contribution in [3.63, 3.8) is 0 Å². The number of carbonyl (C=O) groups excluding carboxylic acids is 1. The second-order valence-corrected chi connectivity index (χ2v) is 9.29. The van der Waals surface area contributed by atoms with E-state index in [0.29, 0.717) is 11.3 Å². The predicted molar refractivity (Wildman–Crippen MR) is 124 cm³/mol. The van der Waals surface area contributed by atoms with Crippen molar-refractivity contribution in [2.75, 3.05) is 16.9 Å². The highest BCUT2D eigenvalue weighted by Gasteiger charge is 2.47. The highest BCUT2D eigenvalue weighted by molar-refractivity contribution is 9.10. The molecule has 2 heterocycles. The fourth-order valence-electron chi connectivity index (χ4n) is 3.58. The molecule has 0 saturated heterocycles. The lowest BCUT2D eigenvalue weighted by Gasteiger charge is -2.33. The second kappa shape index (κ2) is 8.99. The second-order valence-electron chi connectivity index (χ2n) is 7.15. The molecule has 0 spiro atoms. The molecule has 3 aromatic rings. The quantitative estimate of drug-likeness (QED) is 0.349. The number of para-hydroxylation sites is 1. The molecule has 11 heteroatoms. The van der Waals surface area contributed by atoms with E-state index in [2.05, 4.69) is 31.7 Å². The molecule has 0 saturated carbocycles. The predicted octanol–water partition coefficient (Wildman–Crippen LogP) is 6.93. The van der Waals surface area contributed by atoms with E-state index in [1.54, 1.807) is 36.4 Å². The Balaban J connectivity index is 1.70. The maximum atomic E-state index is 13.9. The van der Waals surface area contributed by atoms with Crippen molar-refractivity contribution in [1.29, 1.82) is 0 Å². The molecule has 1 aliphatic rings. The van der Waals surface area contributed by atoms with Crippen LogP contribution < -0.4 is 10.6 Å². The number of nitrogens with zero attached hydrogens (tertiary/aromatic N) is 2. The Kier molecular flexibility index (Phi) is 6.46. The van der Waals surface area contributed by atoms with Gasteiger partial charge in [-0.15, -0.1) is 11.8 Å². The van der Waals surface area contributed by atoms with E-state index in [1.807, 2.05) is 18.4 Å². The van der Waals surface area contributed by atoms with E-state index in [4.69, 9.17) is 11.6 Å². The number of amides is 1. The number of hydrogen-bond acceptors (Lipinski definition) is 4. The Bertz CT molecular complexity index is 1150. The summed E-state index contributed by atoms with van der Waals surface area (Å²) in [5, 5.41) is 9.55. The van der Waals surface area contributed by atoms with Crippen molar-refractivity contribution in [2.24, 2.45) is 0 Å². The van der Waals surface area contributed by atoms with Crippen molar-refractivity contribution in [1.82, 2.24) is 9.78 Å². The maximum Gasteiger partial charge on any atom is 0.410 e. The van der Waals surface area contributed by atoms with Crippen molar-refractivity contribution < 1.29 is 18.0 Å². The number of alkyl halides is 3. The third-order valence-corrected chi connectivity index (χ3v) is 6.82. The van der Waals surface area contributed by atoms with Crippen LogP contribution in [0, 0.1) is 0 Å². The van der Waals surface area contributed by atoms with Gasteiger partial charge >= 0.3 is 6.18 Å². The van der Waals surface area contributed by atoms with Crippen LogP contribution in [0.15, 0.2) is 57.9 Å². The minimum absolute atomic E-state index is 0.0311. The fraction of sp³-hybridized carbons (Fsp3) is 0.238. The van der Waals surface area contributed by atoms with Crippen LogP contribution >= 0.6 is 39.3 Å². The zero-order valence-corrected chi connectivity index (χ0v) is 19.7. The Hall–Kier alpha value is -2.17. The molecule has 2 atom stereocenters. The van der Waals surface area contributed by atoms with Gasteiger partial charge in [0.05, 0.1) is 11.7 Å². The van der Waals surface area contributed by atoms with E-state index in [-0.39, 0.29) is 23.0 Å². The summed E-state index contributed by atoms with van der Waals surface area (Å²) in [6, 6.07) is 11.5. The van der Waals surface area contributed by atoms with Gasteiger partial charge in [-0.3, -0.25) is 4.79 Å². The van der Waals surface area contributed by atoms with Crippen molar-refractivity contribution >= 4 is 56.7 Å². The van der Waals surface area contributed by atoms with E-state index in [9.17, 15) is 18.0 Å². The summed E-state index contributed by atoms with van der Waals surface area (Å²) < 4.78 is 43.3. The summed E-state index contributed by atoms with van der Waals surface area (Å²) in [6.07, 6.45) is -3.00. The molecule has 0 radical (unpaired) electrons. The van der Waals surface area contributed by atoms with Crippen LogP contribution in [0.3, 0.4) is 0 Å². The molecular weight excluding hydrogens is 529 g/mol. The van der Waals surface area contributed by atoms with Crippen LogP contribution in [0.4, 0.5) is 24.7 Å². The number of halogens is 5. The average molecular weight is 546 g/mol. The monoisotopic (exact) mass is 544 g/mol. The Morgan fingerprint density at radius 3 is 2.59 bits per heavy atom. The minimum atomic E-state index is -4.57. The molecule has 2 N–H and O–H groups in total. The first-order valence-corrected chi connectivity index (χ1v) is 11.9. The van der Waals surface area contributed by atoms with Crippen LogP contribution in [0.25, 0.3) is 0 Å². The summed E-state index contributed by atoms with van der Waals surface area (Å²) >= 11 is 11.1. The van der Waals surface area contributed by atoms with Crippen LogP contribution in [-0.2, 0) is 0 Å². The van der Waals surface area contributed by atoms with Crippen molar-refractivity contribution in [3.05, 3.63) is 69.3 Å². The number of fused-ring (bicyclic) bond motifs is 1. The smallest absolute Gasteiger partial charge is 0.362 e. The SMILES string of the molecule is CSc1ccccc1NC(=O)c1nn2c(c1Cl)N[C@@H](c1ccc(Br)cc1)C[C@@H]2C(F)(F)F. The van der Waals surface area contributed by atoms with Crippen LogP contribution in [0.5, 0.6) is 0 Å². The van der Waals surface area contributed by atoms with E-state index in [1.165, 1.54) is 11.8 Å². The van der Waals surface area contributed by atoms with Gasteiger partial charge in [0.2, 0.25) is 0 Å². The molecule has 1 amide bonds. The summed E-state index contributed by atoms with van der Waals surface area (Å²) in [5.41, 5.74) is 0.932. The molecule has 1 aromatic heterocycles. The Morgan fingerprint density at radius 2 is 1.94 bits per heavy atom. The van der Waals surface area contributed by atoms with Gasteiger partial charge in [0.25, 0.3) is 5.91 Å². The normalized spacial score (nSPS) is 18.1. The van der Waals surface area contributed by atoms with Crippen LogP contribution in [0.2, 0.25) is 5.02 Å². The molecule has 32 heavy (non-hydrogen) atoms. The third kappa shape index (κ3) is 4.49. The number of nitrogens with one attached hydrogen (secondary N) is 2. The zero-order chi connectivity index (χ0) is 23.0. The molecule has 0 unspecified atom stereocenters. The lowest BCUT2D eigenvalue weighted by Crippen LogP contribution is -2.35. The van der Waals surface area contributed by atoms with Gasteiger partial charge in [0.15, 0.2) is 11.7 Å². The zero-order valence-electron chi connectivity index (χ0n) is 16.6. The first-order chi connectivity index (χ1) is 15.2. The fourth-order valence-corrected chi connectivity index (χ4v) is 4.66. The van der Waals surface area contributed by atoms with Crippen LogP contribution in [-0.4, -0.2) is 28.1 Å². The summed E-state index contributed by atoms with van der Waals surface area (Å²) in [7, 11) is 0. The molecule has 4 rings (SSSR count). The third-order valence-electron chi connectivity index (χ3n) is 5.14. The number of aromatic nitrogens is 2. The average Bonchev–Trinajstić information content (AvgIpc) is 3.10. The molecule has 5 nitrogen and oxygen atoms in total. The first kappa shape index (κ1) is 23.0. The topological polar surface area (TPSA) is 59.0 Å². The largest absolute Gasteiger partial charge is 0.410 e. The number of anilines is 2. The number of rotatable bonds is 4.